The Hall–Kier alpha value is -1.44. The van der Waals surface area contributed by atoms with Crippen LogP contribution in [0.5, 0.6) is 0 Å². The Morgan fingerprint density at radius 3 is 2.43 bits per heavy atom. The van der Waals surface area contributed by atoms with E-state index in [4.69, 9.17) is 5.14 Å². The second-order valence-corrected chi connectivity index (χ2v) is 6.38. The van der Waals surface area contributed by atoms with Gasteiger partial charge in [-0.2, -0.15) is 0 Å². The monoisotopic (exact) mass is 313 g/mol. The number of nitrogens with two attached hydrogens (primary N) is 1. The smallest absolute Gasteiger partial charge is 0.238 e. The molecule has 6 nitrogen and oxygen atoms in total. The minimum atomic E-state index is -3.65. The Morgan fingerprint density at radius 2 is 1.86 bits per heavy atom. The standard InChI is InChI=1S/C14H23N3O3S/c1-2-3-9-16-11-14(18)17-10-8-12-4-6-13(7-5-12)21(15,19)20/h4-7,16H,2-3,8-11H2,1H3,(H,17,18)(H2,15,19,20). The highest BCUT2D eigenvalue weighted by atomic mass is 32.2. The molecule has 1 amide bonds. The number of carbonyl (C=O) groups is 1. The highest BCUT2D eigenvalue weighted by Crippen LogP contribution is 2.08. The van der Waals surface area contributed by atoms with Crippen LogP contribution in [0.4, 0.5) is 0 Å². The van der Waals surface area contributed by atoms with Crippen LogP contribution in [0.15, 0.2) is 29.2 Å². The molecule has 0 bridgehead atoms. The van der Waals surface area contributed by atoms with Gasteiger partial charge in [-0.25, -0.2) is 13.6 Å². The molecular weight excluding hydrogens is 290 g/mol. The third kappa shape index (κ3) is 7.22. The van der Waals surface area contributed by atoms with Gasteiger partial charge in [0.05, 0.1) is 11.4 Å². The number of benzene rings is 1. The molecular formula is C14H23N3O3S. The summed E-state index contributed by atoms with van der Waals surface area (Å²) < 4.78 is 22.2. The van der Waals surface area contributed by atoms with Gasteiger partial charge in [0.2, 0.25) is 15.9 Å². The summed E-state index contributed by atoms with van der Waals surface area (Å²) >= 11 is 0. The zero-order valence-corrected chi connectivity index (χ0v) is 13.1. The minimum absolute atomic E-state index is 0.0349. The molecule has 0 saturated heterocycles. The first-order valence-corrected chi connectivity index (χ1v) is 8.57. The summed E-state index contributed by atoms with van der Waals surface area (Å²) in [5.41, 5.74) is 0.946. The van der Waals surface area contributed by atoms with Crippen molar-refractivity contribution >= 4 is 15.9 Å². The Morgan fingerprint density at radius 1 is 1.19 bits per heavy atom. The van der Waals surface area contributed by atoms with Crippen LogP contribution in [0.3, 0.4) is 0 Å². The van der Waals surface area contributed by atoms with Crippen molar-refractivity contribution in [3.8, 4) is 0 Å². The molecule has 0 unspecified atom stereocenters. The predicted molar refractivity (Wildman–Crippen MR) is 82.3 cm³/mol. The van der Waals surface area contributed by atoms with E-state index in [9.17, 15) is 13.2 Å². The Labute approximate surface area is 126 Å². The van der Waals surface area contributed by atoms with Gasteiger partial charge < -0.3 is 10.6 Å². The fraction of sp³-hybridized carbons (Fsp3) is 0.500. The maximum atomic E-state index is 11.5. The molecule has 1 rings (SSSR count). The highest BCUT2D eigenvalue weighted by molar-refractivity contribution is 7.89. The summed E-state index contributed by atoms with van der Waals surface area (Å²) in [4.78, 5) is 11.6. The number of rotatable bonds is 9. The van der Waals surface area contributed by atoms with Crippen LogP contribution in [0, 0.1) is 0 Å². The SMILES string of the molecule is CCCCNCC(=O)NCCc1ccc(S(N)(=O)=O)cc1. The number of hydrogen-bond donors (Lipinski definition) is 3. The number of amides is 1. The molecule has 0 saturated carbocycles. The van der Waals surface area contributed by atoms with Gasteiger partial charge in [0.1, 0.15) is 0 Å². The maximum Gasteiger partial charge on any atom is 0.238 e. The van der Waals surface area contributed by atoms with Crippen LogP contribution in [0.25, 0.3) is 0 Å². The predicted octanol–water partition coefficient (Wildman–Crippen LogP) is 0.382. The first-order chi connectivity index (χ1) is 9.93. The summed E-state index contributed by atoms with van der Waals surface area (Å²) in [6.45, 7) is 3.79. The zero-order valence-electron chi connectivity index (χ0n) is 12.3. The molecule has 118 valence electrons. The molecule has 0 spiro atoms. The first kappa shape index (κ1) is 17.6. The van der Waals surface area contributed by atoms with Gasteiger partial charge in [0.25, 0.3) is 0 Å². The second-order valence-electron chi connectivity index (χ2n) is 4.82. The van der Waals surface area contributed by atoms with Gasteiger partial charge in [-0.1, -0.05) is 25.5 Å². The fourth-order valence-electron chi connectivity index (χ4n) is 1.76. The van der Waals surface area contributed by atoms with E-state index in [1.54, 1.807) is 12.1 Å². The van der Waals surface area contributed by atoms with Gasteiger partial charge in [-0.3, -0.25) is 4.79 Å². The summed E-state index contributed by atoms with van der Waals surface area (Å²) in [6, 6.07) is 6.34. The molecule has 0 fully saturated rings. The first-order valence-electron chi connectivity index (χ1n) is 7.02. The molecule has 0 aromatic heterocycles. The van der Waals surface area contributed by atoms with Crippen molar-refractivity contribution in [1.82, 2.24) is 10.6 Å². The molecule has 4 N–H and O–H groups in total. The van der Waals surface area contributed by atoms with E-state index in [0.29, 0.717) is 19.5 Å². The average molecular weight is 313 g/mol. The molecule has 1 aromatic carbocycles. The molecule has 0 radical (unpaired) electrons. The van der Waals surface area contributed by atoms with Gasteiger partial charge in [-0.15, -0.1) is 0 Å². The van der Waals surface area contributed by atoms with Crippen molar-refractivity contribution < 1.29 is 13.2 Å². The average Bonchev–Trinajstić information content (AvgIpc) is 2.43. The largest absolute Gasteiger partial charge is 0.355 e. The molecule has 0 aliphatic heterocycles. The molecule has 1 aromatic rings. The fourth-order valence-corrected chi connectivity index (χ4v) is 2.27. The van der Waals surface area contributed by atoms with E-state index in [1.165, 1.54) is 12.1 Å². The Balaban J connectivity index is 2.28. The number of primary sulfonamides is 1. The van der Waals surface area contributed by atoms with Gasteiger partial charge in [0, 0.05) is 6.54 Å². The summed E-state index contributed by atoms with van der Waals surface area (Å²) in [5.74, 6) is -0.0349. The van der Waals surface area contributed by atoms with E-state index in [2.05, 4.69) is 17.6 Å². The van der Waals surface area contributed by atoms with Crippen molar-refractivity contribution in [2.75, 3.05) is 19.6 Å². The number of carbonyl (C=O) groups excluding carboxylic acids is 1. The highest BCUT2D eigenvalue weighted by Gasteiger charge is 2.06. The van der Waals surface area contributed by atoms with Crippen molar-refractivity contribution in [1.29, 1.82) is 0 Å². The van der Waals surface area contributed by atoms with Gasteiger partial charge in [0.15, 0.2) is 0 Å². The minimum Gasteiger partial charge on any atom is -0.355 e. The maximum absolute atomic E-state index is 11.5. The van der Waals surface area contributed by atoms with E-state index in [0.717, 1.165) is 24.9 Å². The van der Waals surface area contributed by atoms with Crippen LogP contribution < -0.4 is 15.8 Å². The third-order valence-electron chi connectivity index (χ3n) is 2.98. The lowest BCUT2D eigenvalue weighted by Crippen LogP contribution is -2.35. The quantitative estimate of drug-likeness (QED) is 0.574. The molecule has 0 atom stereocenters. The summed E-state index contributed by atoms with van der Waals surface area (Å²) in [7, 11) is -3.65. The van der Waals surface area contributed by atoms with E-state index in [1.807, 2.05) is 0 Å². The normalized spacial score (nSPS) is 11.3. The Bertz CT molecular complexity index is 541. The van der Waals surface area contributed by atoms with Crippen molar-refractivity contribution in [2.24, 2.45) is 5.14 Å². The second kappa shape index (κ2) is 8.76. The van der Waals surface area contributed by atoms with Crippen molar-refractivity contribution in [3.05, 3.63) is 29.8 Å². The van der Waals surface area contributed by atoms with Crippen molar-refractivity contribution in [2.45, 2.75) is 31.1 Å². The van der Waals surface area contributed by atoms with Crippen LogP contribution in [-0.4, -0.2) is 34.0 Å². The van der Waals surface area contributed by atoms with Crippen LogP contribution in [0.1, 0.15) is 25.3 Å². The Kier molecular flexibility index (Phi) is 7.35. The number of nitrogens with one attached hydrogen (secondary N) is 2. The molecule has 0 aliphatic carbocycles. The van der Waals surface area contributed by atoms with Crippen LogP contribution >= 0.6 is 0 Å². The van der Waals surface area contributed by atoms with E-state index >= 15 is 0 Å². The molecule has 7 heteroatoms. The molecule has 0 aliphatic rings. The third-order valence-corrected chi connectivity index (χ3v) is 3.91. The van der Waals surface area contributed by atoms with E-state index in [-0.39, 0.29) is 10.8 Å². The van der Waals surface area contributed by atoms with Crippen molar-refractivity contribution in [3.63, 3.8) is 0 Å². The lowest BCUT2D eigenvalue weighted by molar-refractivity contribution is -0.120. The van der Waals surface area contributed by atoms with E-state index < -0.39 is 10.0 Å². The van der Waals surface area contributed by atoms with Crippen LogP contribution in [-0.2, 0) is 21.2 Å². The van der Waals surface area contributed by atoms with Gasteiger partial charge >= 0.3 is 0 Å². The lowest BCUT2D eigenvalue weighted by Gasteiger charge is -2.07. The number of sulfonamides is 1. The number of hydrogen-bond acceptors (Lipinski definition) is 4. The lowest BCUT2D eigenvalue weighted by atomic mass is 10.1. The molecule has 21 heavy (non-hydrogen) atoms. The summed E-state index contributed by atoms with van der Waals surface area (Å²) in [6.07, 6.45) is 2.80. The number of unbranched alkanes of at least 4 members (excludes halogenated alkanes) is 1. The summed E-state index contributed by atoms with van der Waals surface area (Å²) in [5, 5.41) is 10.9. The molecule has 0 heterocycles. The van der Waals surface area contributed by atoms with Crippen LogP contribution in [0.2, 0.25) is 0 Å². The topological polar surface area (TPSA) is 101 Å². The zero-order chi connectivity index (χ0) is 15.7. The van der Waals surface area contributed by atoms with Gasteiger partial charge in [-0.05, 0) is 37.1 Å².